The summed E-state index contributed by atoms with van der Waals surface area (Å²) in [4.78, 5) is 37.3. The number of carbonyl (C=O) groups is 3. The van der Waals surface area contributed by atoms with Crippen molar-refractivity contribution in [1.29, 1.82) is 0 Å². The van der Waals surface area contributed by atoms with Gasteiger partial charge in [-0.2, -0.15) is 0 Å². The van der Waals surface area contributed by atoms with E-state index < -0.39 is 6.04 Å². The number of anilines is 2. The minimum atomic E-state index is -0.683. The number of carbonyl (C=O) groups excluding carboxylic acids is 3. The molecule has 0 bridgehead atoms. The van der Waals surface area contributed by atoms with E-state index in [9.17, 15) is 14.4 Å². The van der Waals surface area contributed by atoms with Crippen molar-refractivity contribution in [2.75, 3.05) is 17.2 Å². The molecule has 0 aliphatic heterocycles. The smallest absolute Gasteiger partial charge is 0.319 e. The summed E-state index contributed by atoms with van der Waals surface area (Å²) in [6.45, 7) is 8.20. The average molecular weight is 411 g/mol. The molecule has 4 N–H and O–H groups in total. The summed E-state index contributed by atoms with van der Waals surface area (Å²) in [6.07, 6.45) is 0.500. The number of benzene rings is 2. The molecule has 1 atom stereocenters. The van der Waals surface area contributed by atoms with Gasteiger partial charge in [0.25, 0.3) is 5.91 Å². The molecule has 2 aromatic carbocycles. The van der Waals surface area contributed by atoms with E-state index in [2.05, 4.69) is 21.3 Å². The van der Waals surface area contributed by atoms with Gasteiger partial charge in [-0.3, -0.25) is 9.59 Å². The first-order chi connectivity index (χ1) is 14.3. The van der Waals surface area contributed by atoms with Crippen LogP contribution in [-0.4, -0.2) is 30.4 Å². The van der Waals surface area contributed by atoms with E-state index in [1.807, 2.05) is 39.8 Å². The fourth-order valence-corrected chi connectivity index (χ4v) is 3.01. The number of nitrogens with one attached hydrogen (secondary N) is 4. The lowest BCUT2D eigenvalue weighted by atomic mass is 10.0. The normalized spacial score (nSPS) is 11.5. The maximum Gasteiger partial charge on any atom is 0.319 e. The molecule has 160 valence electrons. The van der Waals surface area contributed by atoms with Crippen LogP contribution in [0.25, 0.3) is 0 Å². The highest BCUT2D eigenvalue weighted by molar-refractivity contribution is 6.02. The Hall–Kier alpha value is -3.35. The summed E-state index contributed by atoms with van der Waals surface area (Å²) in [5.74, 6) is -0.370. The van der Waals surface area contributed by atoms with Gasteiger partial charge in [0.2, 0.25) is 5.91 Å². The third-order valence-corrected chi connectivity index (χ3v) is 4.44. The highest BCUT2D eigenvalue weighted by Gasteiger charge is 2.23. The van der Waals surface area contributed by atoms with Crippen molar-refractivity contribution >= 4 is 29.2 Å². The molecule has 0 aromatic heterocycles. The quantitative estimate of drug-likeness (QED) is 0.531. The lowest BCUT2D eigenvalue weighted by Crippen LogP contribution is -2.44. The SMILES string of the molecule is CCNC(=O)Nc1cccc(NC(=O)C(CC(C)C)NC(=O)c2ccccc2C)c1. The minimum Gasteiger partial charge on any atom is -0.340 e. The first kappa shape index (κ1) is 22.9. The number of rotatable bonds is 8. The predicted octanol–water partition coefficient (Wildman–Crippen LogP) is 3.92. The number of hydrogen-bond acceptors (Lipinski definition) is 3. The Balaban J connectivity index is 2.11. The molecule has 0 fully saturated rings. The number of hydrogen-bond donors (Lipinski definition) is 4. The zero-order chi connectivity index (χ0) is 22.1. The van der Waals surface area contributed by atoms with Gasteiger partial charge in [-0.05, 0) is 56.0 Å². The molecule has 30 heavy (non-hydrogen) atoms. The molecule has 0 aliphatic carbocycles. The van der Waals surface area contributed by atoms with E-state index in [1.165, 1.54) is 0 Å². The van der Waals surface area contributed by atoms with Crippen LogP contribution < -0.4 is 21.3 Å². The molecular formula is C23H30N4O3. The number of aryl methyl sites for hydroxylation is 1. The van der Waals surface area contributed by atoms with Crippen molar-refractivity contribution in [1.82, 2.24) is 10.6 Å². The molecule has 7 nitrogen and oxygen atoms in total. The van der Waals surface area contributed by atoms with Gasteiger partial charge in [0.1, 0.15) is 6.04 Å². The Morgan fingerprint density at radius 2 is 1.60 bits per heavy atom. The molecule has 0 saturated carbocycles. The second kappa shape index (κ2) is 11.0. The Bertz CT molecular complexity index is 896. The van der Waals surface area contributed by atoms with Crippen molar-refractivity contribution in [2.45, 2.75) is 40.2 Å². The van der Waals surface area contributed by atoms with Gasteiger partial charge in [-0.1, -0.05) is 38.1 Å². The van der Waals surface area contributed by atoms with Crippen LogP contribution in [0, 0.1) is 12.8 Å². The highest BCUT2D eigenvalue weighted by atomic mass is 16.2. The molecule has 0 radical (unpaired) electrons. The van der Waals surface area contributed by atoms with E-state index >= 15 is 0 Å². The summed E-state index contributed by atoms with van der Waals surface area (Å²) in [6, 6.07) is 13.1. The monoisotopic (exact) mass is 410 g/mol. The van der Waals surface area contributed by atoms with Crippen molar-refractivity contribution in [3.8, 4) is 0 Å². The van der Waals surface area contributed by atoms with E-state index in [4.69, 9.17) is 0 Å². The number of urea groups is 1. The molecule has 0 spiro atoms. The zero-order valence-corrected chi connectivity index (χ0v) is 17.9. The molecule has 7 heteroatoms. The summed E-state index contributed by atoms with van der Waals surface area (Å²) < 4.78 is 0. The number of amides is 4. The second-order valence-corrected chi connectivity index (χ2v) is 7.53. The minimum absolute atomic E-state index is 0.212. The van der Waals surface area contributed by atoms with Crippen molar-refractivity contribution < 1.29 is 14.4 Å². The van der Waals surface area contributed by atoms with Crippen LogP contribution in [0.1, 0.15) is 43.1 Å². The van der Waals surface area contributed by atoms with Gasteiger partial charge >= 0.3 is 6.03 Å². The largest absolute Gasteiger partial charge is 0.340 e. The maximum atomic E-state index is 12.9. The Kier molecular flexibility index (Phi) is 8.41. The lowest BCUT2D eigenvalue weighted by Gasteiger charge is -2.21. The first-order valence-corrected chi connectivity index (χ1v) is 10.1. The molecule has 2 rings (SSSR count). The molecule has 1 unspecified atom stereocenters. The van der Waals surface area contributed by atoms with Crippen molar-refractivity contribution in [2.24, 2.45) is 5.92 Å². The van der Waals surface area contributed by atoms with E-state index in [1.54, 1.807) is 36.4 Å². The summed E-state index contributed by atoms with van der Waals surface area (Å²) in [7, 11) is 0. The molecule has 2 aromatic rings. The van der Waals surface area contributed by atoms with Crippen LogP contribution in [0.2, 0.25) is 0 Å². The van der Waals surface area contributed by atoms with Gasteiger partial charge < -0.3 is 21.3 Å². The Morgan fingerprint density at radius 1 is 0.933 bits per heavy atom. The Labute approximate surface area is 177 Å². The van der Waals surface area contributed by atoms with Crippen LogP contribution in [0.15, 0.2) is 48.5 Å². The highest BCUT2D eigenvalue weighted by Crippen LogP contribution is 2.17. The van der Waals surface area contributed by atoms with Crippen molar-refractivity contribution in [3.05, 3.63) is 59.7 Å². The molecule has 0 heterocycles. The third kappa shape index (κ3) is 6.92. The molecule has 0 aliphatic rings. The van der Waals surface area contributed by atoms with Gasteiger partial charge in [-0.25, -0.2) is 4.79 Å². The van der Waals surface area contributed by atoms with E-state index in [-0.39, 0.29) is 23.8 Å². The van der Waals surface area contributed by atoms with Crippen LogP contribution >= 0.6 is 0 Å². The van der Waals surface area contributed by atoms with Gasteiger partial charge in [0.15, 0.2) is 0 Å². The summed E-state index contributed by atoms with van der Waals surface area (Å²) in [5, 5.41) is 11.1. The van der Waals surface area contributed by atoms with Crippen LogP contribution in [-0.2, 0) is 4.79 Å². The maximum absolute atomic E-state index is 12.9. The predicted molar refractivity (Wildman–Crippen MR) is 120 cm³/mol. The van der Waals surface area contributed by atoms with Crippen LogP contribution in [0.3, 0.4) is 0 Å². The average Bonchev–Trinajstić information content (AvgIpc) is 2.67. The fourth-order valence-electron chi connectivity index (χ4n) is 3.01. The molecular weight excluding hydrogens is 380 g/mol. The van der Waals surface area contributed by atoms with Gasteiger partial charge in [0, 0.05) is 23.5 Å². The lowest BCUT2D eigenvalue weighted by molar-refractivity contribution is -0.118. The molecule has 0 saturated heterocycles. The topological polar surface area (TPSA) is 99.3 Å². The van der Waals surface area contributed by atoms with Gasteiger partial charge in [0.05, 0.1) is 0 Å². The first-order valence-electron chi connectivity index (χ1n) is 10.1. The fraction of sp³-hybridized carbons (Fsp3) is 0.348. The third-order valence-electron chi connectivity index (χ3n) is 4.44. The van der Waals surface area contributed by atoms with E-state index in [0.29, 0.717) is 29.9 Å². The van der Waals surface area contributed by atoms with Crippen LogP contribution in [0.5, 0.6) is 0 Å². The van der Waals surface area contributed by atoms with Crippen LogP contribution in [0.4, 0.5) is 16.2 Å². The Morgan fingerprint density at radius 3 is 2.23 bits per heavy atom. The second-order valence-electron chi connectivity index (χ2n) is 7.53. The summed E-state index contributed by atoms with van der Waals surface area (Å²) >= 11 is 0. The van der Waals surface area contributed by atoms with Gasteiger partial charge in [-0.15, -0.1) is 0 Å². The summed E-state index contributed by atoms with van der Waals surface area (Å²) in [5.41, 5.74) is 2.49. The van der Waals surface area contributed by atoms with Crippen molar-refractivity contribution in [3.63, 3.8) is 0 Å². The molecule has 4 amide bonds. The zero-order valence-electron chi connectivity index (χ0n) is 17.9. The van der Waals surface area contributed by atoms with E-state index in [0.717, 1.165) is 5.56 Å². The standard InChI is InChI=1S/C23H30N4O3/c1-5-24-23(30)26-18-11-8-10-17(14-18)25-22(29)20(13-15(2)3)27-21(28)19-12-7-6-9-16(19)4/h6-12,14-15,20H,5,13H2,1-4H3,(H,25,29)(H,27,28)(H2,24,26,30).